The van der Waals surface area contributed by atoms with Gasteiger partial charge in [-0.15, -0.1) is 0 Å². The summed E-state index contributed by atoms with van der Waals surface area (Å²) in [5.74, 6) is -2.93. The molecule has 1 aromatic carbocycles. The maximum absolute atomic E-state index is 13.5. The number of nitrogens with one attached hydrogen (secondary N) is 3. The van der Waals surface area contributed by atoms with E-state index in [1.165, 1.54) is 18.2 Å². The summed E-state index contributed by atoms with van der Waals surface area (Å²) in [7, 11) is 1.40. The number of carbonyl (C=O) groups excluding carboxylic acids is 5. The molecule has 41 heavy (non-hydrogen) atoms. The topological polar surface area (TPSA) is 159 Å². The molecular weight excluding hydrogens is 532 g/mol. The van der Waals surface area contributed by atoms with Crippen LogP contribution in [-0.2, 0) is 14.3 Å². The predicted octanol–water partition coefficient (Wildman–Crippen LogP) is 1.71. The van der Waals surface area contributed by atoms with E-state index in [1.54, 1.807) is 49.9 Å². The fourth-order valence-corrected chi connectivity index (χ4v) is 4.86. The summed E-state index contributed by atoms with van der Waals surface area (Å²) in [6, 6.07) is 8.60. The van der Waals surface area contributed by atoms with Crippen LogP contribution in [0.5, 0.6) is 5.75 Å². The molecule has 4 rings (SSSR count). The van der Waals surface area contributed by atoms with Gasteiger partial charge < -0.3 is 24.6 Å². The van der Waals surface area contributed by atoms with Crippen molar-refractivity contribution in [2.75, 3.05) is 38.6 Å². The maximum atomic E-state index is 13.5. The van der Waals surface area contributed by atoms with Gasteiger partial charge in [-0.25, -0.2) is 15.2 Å². The molecule has 13 nitrogen and oxygen atoms in total. The Kier molecular flexibility index (Phi) is 8.45. The summed E-state index contributed by atoms with van der Waals surface area (Å²) in [5.41, 5.74) is 4.66. The third kappa shape index (κ3) is 6.39. The van der Waals surface area contributed by atoms with E-state index in [1.807, 2.05) is 13.0 Å². The van der Waals surface area contributed by atoms with Gasteiger partial charge in [0.1, 0.15) is 11.4 Å². The fraction of sp³-hybridized carbons (Fsp3) is 0.429. The first-order valence-electron chi connectivity index (χ1n) is 13.2. The largest absolute Gasteiger partial charge is 0.495 e. The second kappa shape index (κ2) is 11.8. The van der Waals surface area contributed by atoms with Crippen LogP contribution in [0, 0.1) is 0 Å². The van der Waals surface area contributed by atoms with Gasteiger partial charge in [0.2, 0.25) is 5.78 Å². The number of piperazine rings is 1. The van der Waals surface area contributed by atoms with Crippen LogP contribution in [0.2, 0.25) is 0 Å². The van der Waals surface area contributed by atoms with Crippen LogP contribution in [0.15, 0.2) is 36.5 Å². The lowest BCUT2D eigenvalue weighted by molar-refractivity contribution is -0.146. The molecule has 3 heterocycles. The van der Waals surface area contributed by atoms with E-state index in [2.05, 4.69) is 21.2 Å². The zero-order valence-electron chi connectivity index (χ0n) is 23.6. The van der Waals surface area contributed by atoms with Gasteiger partial charge >= 0.3 is 6.09 Å². The van der Waals surface area contributed by atoms with Crippen molar-refractivity contribution in [3.63, 3.8) is 0 Å². The van der Waals surface area contributed by atoms with Crippen LogP contribution in [0.3, 0.4) is 0 Å². The van der Waals surface area contributed by atoms with Gasteiger partial charge in [0, 0.05) is 43.3 Å². The van der Waals surface area contributed by atoms with Gasteiger partial charge in [-0.3, -0.25) is 24.6 Å². The molecular formula is C28H34N6O7. The number of rotatable bonds is 5. The summed E-state index contributed by atoms with van der Waals surface area (Å²) >= 11 is 0. The Morgan fingerprint density at radius 3 is 2.39 bits per heavy atom. The monoisotopic (exact) mass is 566 g/mol. The molecule has 2 atom stereocenters. The molecule has 0 saturated carbocycles. The van der Waals surface area contributed by atoms with E-state index in [-0.39, 0.29) is 55.3 Å². The lowest BCUT2D eigenvalue weighted by Crippen LogP contribution is -2.57. The first kappa shape index (κ1) is 29.3. The molecule has 4 amide bonds. The number of hydrogen-bond acceptors (Lipinski definition) is 9. The molecule has 0 spiro atoms. The van der Waals surface area contributed by atoms with Gasteiger partial charge in [-0.05, 0) is 39.8 Å². The summed E-state index contributed by atoms with van der Waals surface area (Å²) in [6.07, 6.45) is 0.428. The molecule has 2 aliphatic heterocycles. The molecule has 2 aromatic rings. The van der Waals surface area contributed by atoms with E-state index < -0.39 is 35.2 Å². The van der Waals surface area contributed by atoms with Gasteiger partial charge in [-0.2, -0.15) is 0 Å². The number of aromatic nitrogens is 1. The summed E-state index contributed by atoms with van der Waals surface area (Å²) < 4.78 is 10.5. The van der Waals surface area contributed by atoms with Gasteiger partial charge in [0.05, 0.1) is 24.9 Å². The quantitative estimate of drug-likeness (QED) is 0.362. The normalized spacial score (nSPS) is 18.1. The van der Waals surface area contributed by atoms with Crippen molar-refractivity contribution in [3.8, 4) is 5.75 Å². The molecule has 1 saturated heterocycles. The molecule has 0 radical (unpaired) electrons. The molecule has 2 aliphatic rings. The zero-order chi connectivity index (χ0) is 29.9. The van der Waals surface area contributed by atoms with Crippen molar-refractivity contribution < 1.29 is 33.4 Å². The Labute approximate surface area is 237 Å². The molecule has 218 valence electrons. The number of hydrogen-bond donors (Lipinski definition) is 3. The number of methoxy groups -OCH3 is 1. The molecule has 1 aromatic heterocycles. The standard InChI is InChI=1S/C28H34N6O7/c1-16-15-33(11-12-34(16)25(37)17-9-7-6-8-10-17)26(38)23(35)18-13-29-21-20(18)19(40-5)14-30-22(21)24(36)31-32-27(39)41-28(2,3)4/h6-10,14,16,18,29H,11-13,15H2,1-5H3,(H,31,36)(H,32,39). The average molecular weight is 567 g/mol. The van der Waals surface area contributed by atoms with Crippen molar-refractivity contribution in [1.82, 2.24) is 25.6 Å². The first-order valence-corrected chi connectivity index (χ1v) is 13.2. The third-order valence-corrected chi connectivity index (χ3v) is 6.75. The molecule has 0 bridgehead atoms. The predicted molar refractivity (Wildman–Crippen MR) is 147 cm³/mol. The van der Waals surface area contributed by atoms with Gasteiger partial charge in [0.15, 0.2) is 5.69 Å². The minimum absolute atomic E-state index is 0.0454. The van der Waals surface area contributed by atoms with E-state index in [9.17, 15) is 24.0 Å². The van der Waals surface area contributed by atoms with Crippen LogP contribution >= 0.6 is 0 Å². The van der Waals surface area contributed by atoms with Gasteiger partial charge in [-0.1, -0.05) is 18.2 Å². The number of Topliss-reactive ketones (excluding diaryl/α,β-unsaturated/α-hetero) is 1. The van der Waals surface area contributed by atoms with Crippen molar-refractivity contribution in [2.45, 2.75) is 45.3 Å². The third-order valence-electron chi connectivity index (χ3n) is 6.75. The Balaban J connectivity index is 1.46. The number of hydrazine groups is 1. The Morgan fingerprint density at radius 1 is 1.05 bits per heavy atom. The minimum atomic E-state index is -0.930. The summed E-state index contributed by atoms with van der Waals surface area (Å²) in [4.78, 5) is 71.8. The van der Waals surface area contributed by atoms with Crippen molar-refractivity contribution >= 4 is 35.3 Å². The summed E-state index contributed by atoms with van der Waals surface area (Å²) in [6.45, 7) is 7.62. The highest BCUT2D eigenvalue weighted by atomic mass is 16.6. The number of pyridine rings is 1. The number of nitrogens with zero attached hydrogens (tertiary/aromatic N) is 3. The van der Waals surface area contributed by atoms with Crippen LogP contribution in [0.1, 0.15) is 60.0 Å². The number of amides is 4. The van der Waals surface area contributed by atoms with Crippen LogP contribution in [0.4, 0.5) is 10.5 Å². The fourth-order valence-electron chi connectivity index (χ4n) is 4.86. The lowest BCUT2D eigenvalue weighted by atomic mass is 9.94. The highest BCUT2D eigenvalue weighted by Crippen LogP contribution is 2.40. The molecule has 0 aliphatic carbocycles. The number of fused-ring (bicyclic) bond motifs is 1. The highest BCUT2D eigenvalue weighted by molar-refractivity contribution is 6.38. The van der Waals surface area contributed by atoms with E-state index >= 15 is 0 Å². The smallest absolute Gasteiger partial charge is 0.426 e. The molecule has 1 fully saturated rings. The second-order valence-electron chi connectivity index (χ2n) is 10.8. The zero-order valence-corrected chi connectivity index (χ0v) is 23.6. The lowest BCUT2D eigenvalue weighted by Gasteiger charge is -2.39. The number of ether oxygens (including phenoxy) is 2. The van der Waals surface area contributed by atoms with Crippen LogP contribution in [0.25, 0.3) is 0 Å². The van der Waals surface area contributed by atoms with E-state index in [0.29, 0.717) is 11.1 Å². The van der Waals surface area contributed by atoms with Crippen molar-refractivity contribution in [1.29, 1.82) is 0 Å². The number of carbonyl (C=O) groups is 5. The Bertz CT molecular complexity index is 1360. The number of ketones is 1. The van der Waals surface area contributed by atoms with Crippen molar-refractivity contribution in [2.24, 2.45) is 0 Å². The maximum Gasteiger partial charge on any atom is 0.426 e. The Morgan fingerprint density at radius 2 is 1.76 bits per heavy atom. The Hall–Kier alpha value is -4.68. The van der Waals surface area contributed by atoms with E-state index in [4.69, 9.17) is 9.47 Å². The molecule has 2 unspecified atom stereocenters. The number of benzene rings is 1. The molecule has 13 heteroatoms. The average Bonchev–Trinajstić information content (AvgIpc) is 3.39. The minimum Gasteiger partial charge on any atom is -0.495 e. The molecule has 3 N–H and O–H groups in total. The van der Waals surface area contributed by atoms with Crippen molar-refractivity contribution in [3.05, 3.63) is 53.3 Å². The SMILES string of the molecule is COc1cnc(C(=O)NNC(=O)OC(C)(C)C)c2c1C(C(=O)C(=O)N1CCN(C(=O)c3ccccc3)C(C)C1)CN2. The highest BCUT2D eigenvalue weighted by Gasteiger charge is 2.41. The van der Waals surface area contributed by atoms with Gasteiger partial charge in [0.25, 0.3) is 17.7 Å². The second-order valence-corrected chi connectivity index (χ2v) is 10.8. The van der Waals surface area contributed by atoms with Crippen LogP contribution in [-0.4, -0.2) is 89.3 Å². The van der Waals surface area contributed by atoms with E-state index in [0.717, 1.165) is 0 Å². The first-order chi connectivity index (χ1) is 19.4. The summed E-state index contributed by atoms with van der Waals surface area (Å²) in [5, 5.41) is 3.00. The number of anilines is 1. The van der Waals surface area contributed by atoms with Crippen LogP contribution < -0.4 is 20.9 Å².